The van der Waals surface area contributed by atoms with Crippen LogP contribution in [0.5, 0.6) is 0 Å². The van der Waals surface area contributed by atoms with Crippen molar-refractivity contribution in [1.82, 2.24) is 4.90 Å². The lowest BCUT2D eigenvalue weighted by atomic mass is 10.1. The zero-order chi connectivity index (χ0) is 10.8. The van der Waals surface area contributed by atoms with Gasteiger partial charge in [0.15, 0.2) is 0 Å². The molecule has 15 heavy (non-hydrogen) atoms. The average molecular weight is 203 g/mol. The zero-order valence-electron chi connectivity index (χ0n) is 8.69. The predicted octanol–water partition coefficient (Wildman–Crippen LogP) is 1.76. The summed E-state index contributed by atoms with van der Waals surface area (Å²) in [6, 6.07) is 7.36. The number of nitrogens with zero attached hydrogens (tertiary/aromatic N) is 1. The van der Waals surface area contributed by atoms with Crippen LogP contribution in [0.25, 0.3) is 0 Å². The van der Waals surface area contributed by atoms with Crippen molar-refractivity contribution in [1.29, 1.82) is 0 Å². The summed E-state index contributed by atoms with van der Waals surface area (Å²) in [6.45, 7) is 2.44. The first-order chi connectivity index (χ1) is 7.20. The molecule has 1 aliphatic heterocycles. The number of hydrogen-bond donors (Lipinski definition) is 0. The lowest BCUT2D eigenvalue weighted by Gasteiger charge is -2.14. The molecule has 1 fully saturated rings. The van der Waals surface area contributed by atoms with E-state index >= 15 is 0 Å². The zero-order valence-corrected chi connectivity index (χ0v) is 8.69. The van der Waals surface area contributed by atoms with E-state index in [9.17, 15) is 9.59 Å². The quantitative estimate of drug-likeness (QED) is 0.652. The number of likely N-dealkylation sites (tertiary alicyclic amines) is 1. The molecule has 0 saturated carbocycles. The van der Waals surface area contributed by atoms with Gasteiger partial charge in [-0.1, -0.05) is 18.2 Å². The molecule has 0 aromatic heterocycles. The van der Waals surface area contributed by atoms with Gasteiger partial charge < -0.3 is 0 Å². The van der Waals surface area contributed by atoms with Gasteiger partial charge in [-0.05, 0) is 25.0 Å². The lowest BCUT2D eigenvalue weighted by Crippen LogP contribution is -2.32. The number of amides is 2. The van der Waals surface area contributed by atoms with Crippen LogP contribution in [-0.4, -0.2) is 23.3 Å². The molecule has 0 aliphatic carbocycles. The molecule has 0 spiro atoms. The number of hydrogen-bond acceptors (Lipinski definition) is 2. The molecule has 0 atom stereocenters. The average Bonchev–Trinajstić information content (AvgIpc) is 2.64. The van der Waals surface area contributed by atoms with E-state index in [1.165, 1.54) is 4.90 Å². The van der Waals surface area contributed by atoms with Crippen molar-refractivity contribution in [2.75, 3.05) is 6.54 Å². The third-order valence-corrected chi connectivity index (χ3v) is 2.69. The Morgan fingerprint density at radius 2 is 2.07 bits per heavy atom. The van der Waals surface area contributed by atoms with Gasteiger partial charge in [0.2, 0.25) is 5.91 Å². The molecule has 0 radical (unpaired) electrons. The summed E-state index contributed by atoms with van der Waals surface area (Å²) in [6.07, 6.45) is 1.29. The molecule has 78 valence electrons. The third kappa shape index (κ3) is 1.77. The monoisotopic (exact) mass is 203 g/mol. The van der Waals surface area contributed by atoms with E-state index < -0.39 is 0 Å². The van der Waals surface area contributed by atoms with Crippen molar-refractivity contribution in [3.8, 4) is 0 Å². The third-order valence-electron chi connectivity index (χ3n) is 2.69. The van der Waals surface area contributed by atoms with E-state index in [0.29, 0.717) is 18.5 Å². The van der Waals surface area contributed by atoms with Gasteiger partial charge in [0.1, 0.15) is 0 Å². The molecule has 1 heterocycles. The summed E-state index contributed by atoms with van der Waals surface area (Å²) in [5.74, 6) is -0.209. The Labute approximate surface area is 88.7 Å². The van der Waals surface area contributed by atoms with Crippen molar-refractivity contribution in [2.45, 2.75) is 19.8 Å². The van der Waals surface area contributed by atoms with Crippen LogP contribution < -0.4 is 0 Å². The highest BCUT2D eigenvalue weighted by molar-refractivity contribution is 6.06. The first-order valence-electron chi connectivity index (χ1n) is 5.10. The molecule has 1 aromatic rings. The Kier molecular flexibility index (Phi) is 2.54. The summed E-state index contributed by atoms with van der Waals surface area (Å²) in [4.78, 5) is 24.7. The van der Waals surface area contributed by atoms with Crippen LogP contribution in [0.3, 0.4) is 0 Å². The first-order valence-corrected chi connectivity index (χ1v) is 5.10. The van der Waals surface area contributed by atoms with Gasteiger partial charge in [0.25, 0.3) is 5.91 Å². The Hall–Kier alpha value is -1.64. The minimum Gasteiger partial charge on any atom is -0.278 e. The molecule has 0 unspecified atom stereocenters. The second-order valence-electron chi connectivity index (χ2n) is 3.77. The van der Waals surface area contributed by atoms with E-state index in [1.54, 1.807) is 6.07 Å². The number of imide groups is 1. The van der Waals surface area contributed by atoms with Crippen molar-refractivity contribution in [3.05, 3.63) is 35.4 Å². The second-order valence-corrected chi connectivity index (χ2v) is 3.77. The fourth-order valence-electron chi connectivity index (χ4n) is 1.82. The molecule has 3 nitrogen and oxygen atoms in total. The summed E-state index contributed by atoms with van der Waals surface area (Å²) < 4.78 is 0. The number of aryl methyl sites for hydroxylation is 1. The molecule has 1 saturated heterocycles. The molecule has 0 N–H and O–H groups in total. The molecule has 1 aliphatic rings. The van der Waals surface area contributed by atoms with Gasteiger partial charge in [-0.3, -0.25) is 14.5 Å². The van der Waals surface area contributed by atoms with Crippen LogP contribution >= 0.6 is 0 Å². The molecule has 1 aromatic carbocycles. The van der Waals surface area contributed by atoms with Gasteiger partial charge in [-0.15, -0.1) is 0 Å². The molecule has 2 rings (SSSR count). The number of carbonyl (C=O) groups excluding carboxylic acids is 2. The van der Waals surface area contributed by atoms with Crippen LogP contribution in [0.4, 0.5) is 0 Å². The Balaban J connectivity index is 2.28. The van der Waals surface area contributed by atoms with Crippen LogP contribution in [0.2, 0.25) is 0 Å². The van der Waals surface area contributed by atoms with Gasteiger partial charge in [-0.25, -0.2) is 0 Å². The maximum absolute atomic E-state index is 12.0. The van der Waals surface area contributed by atoms with E-state index in [2.05, 4.69) is 0 Å². The normalized spacial score (nSPS) is 15.8. The van der Waals surface area contributed by atoms with Gasteiger partial charge >= 0.3 is 0 Å². The van der Waals surface area contributed by atoms with Crippen molar-refractivity contribution >= 4 is 11.8 Å². The summed E-state index contributed by atoms with van der Waals surface area (Å²) in [7, 11) is 0. The van der Waals surface area contributed by atoms with Gasteiger partial charge in [-0.2, -0.15) is 0 Å². The van der Waals surface area contributed by atoms with E-state index in [-0.39, 0.29) is 11.8 Å². The van der Waals surface area contributed by atoms with Gasteiger partial charge in [0.05, 0.1) is 0 Å². The Morgan fingerprint density at radius 3 is 2.67 bits per heavy atom. The molecule has 3 heteroatoms. The second kappa shape index (κ2) is 3.85. The minimum atomic E-state index is -0.157. The van der Waals surface area contributed by atoms with E-state index in [4.69, 9.17) is 0 Å². The van der Waals surface area contributed by atoms with Gasteiger partial charge in [0, 0.05) is 18.5 Å². The maximum Gasteiger partial charge on any atom is 0.260 e. The topological polar surface area (TPSA) is 37.4 Å². The van der Waals surface area contributed by atoms with Crippen LogP contribution in [0.15, 0.2) is 24.3 Å². The summed E-state index contributed by atoms with van der Waals surface area (Å²) in [5, 5.41) is 0. The van der Waals surface area contributed by atoms with Crippen molar-refractivity contribution in [2.24, 2.45) is 0 Å². The fraction of sp³-hybridized carbons (Fsp3) is 0.333. The van der Waals surface area contributed by atoms with Crippen LogP contribution in [0.1, 0.15) is 28.8 Å². The predicted molar refractivity (Wildman–Crippen MR) is 56.5 cm³/mol. The maximum atomic E-state index is 12.0. The summed E-state index contributed by atoms with van der Waals surface area (Å²) >= 11 is 0. The number of benzene rings is 1. The Bertz CT molecular complexity index is 412. The van der Waals surface area contributed by atoms with Crippen LogP contribution in [0, 0.1) is 6.92 Å². The number of rotatable bonds is 1. The highest BCUT2D eigenvalue weighted by atomic mass is 16.2. The first kappa shape index (κ1) is 9.90. The Morgan fingerprint density at radius 1 is 1.33 bits per heavy atom. The van der Waals surface area contributed by atoms with Crippen molar-refractivity contribution < 1.29 is 9.59 Å². The SMILES string of the molecule is Cc1ccccc1C(=O)N1CCCC1=O. The summed E-state index contributed by atoms with van der Waals surface area (Å²) in [5.41, 5.74) is 1.55. The number of carbonyl (C=O) groups is 2. The highest BCUT2D eigenvalue weighted by Crippen LogP contribution is 2.16. The fourth-order valence-corrected chi connectivity index (χ4v) is 1.82. The lowest BCUT2D eigenvalue weighted by molar-refractivity contribution is -0.125. The minimum absolute atomic E-state index is 0.0525. The van der Waals surface area contributed by atoms with Crippen LogP contribution in [-0.2, 0) is 4.79 Å². The molecular formula is C12H13NO2. The molecule has 2 amide bonds. The molecular weight excluding hydrogens is 190 g/mol. The highest BCUT2D eigenvalue weighted by Gasteiger charge is 2.27. The van der Waals surface area contributed by atoms with Crippen molar-refractivity contribution in [3.63, 3.8) is 0 Å². The van der Waals surface area contributed by atoms with E-state index in [1.807, 2.05) is 25.1 Å². The molecule has 0 bridgehead atoms. The smallest absolute Gasteiger partial charge is 0.260 e. The largest absolute Gasteiger partial charge is 0.278 e. The standard InChI is InChI=1S/C12H13NO2/c1-9-5-2-3-6-10(9)12(15)13-8-4-7-11(13)14/h2-3,5-6H,4,7-8H2,1H3. The van der Waals surface area contributed by atoms with E-state index in [0.717, 1.165) is 12.0 Å².